The van der Waals surface area contributed by atoms with E-state index in [1.54, 1.807) is 7.11 Å². The second-order valence-electron chi connectivity index (χ2n) is 7.56. The predicted molar refractivity (Wildman–Crippen MR) is 129 cm³/mol. The van der Waals surface area contributed by atoms with Gasteiger partial charge in [-0.3, -0.25) is 0 Å². The maximum absolute atomic E-state index is 6.17. The van der Waals surface area contributed by atoms with Gasteiger partial charge in [-0.25, -0.2) is 0 Å². The van der Waals surface area contributed by atoms with Gasteiger partial charge in [-0.15, -0.1) is 23.2 Å². The first-order valence-corrected chi connectivity index (χ1v) is 12.4. The molecule has 30 heavy (non-hydrogen) atoms. The third-order valence-electron chi connectivity index (χ3n) is 5.20. The molecule has 0 spiro atoms. The largest absolute Gasteiger partial charge is 0.493 e. The van der Waals surface area contributed by atoms with E-state index in [9.17, 15) is 0 Å². The Hall–Kier alpha value is -1.32. The zero-order chi connectivity index (χ0) is 21.4. The van der Waals surface area contributed by atoms with E-state index < -0.39 is 0 Å². The molecule has 5 heteroatoms. The van der Waals surface area contributed by atoms with E-state index in [1.165, 1.54) is 25.7 Å². The number of hydrogen-bond acceptors (Lipinski definition) is 3. The van der Waals surface area contributed by atoms with Crippen LogP contribution in [-0.4, -0.2) is 32.1 Å². The monoisotopic (exact) mass is 454 g/mol. The van der Waals surface area contributed by atoms with Gasteiger partial charge in [0.1, 0.15) is 5.75 Å². The number of hydrogen-bond donors (Lipinski definition) is 0. The standard InChI is InChI=1S/C25H36Cl2O3/c1-28-24-20-23(29-18-12-6-2-4-10-16-26)21-14-8-9-15-22(21)25(24)30-19-13-7-3-5-11-17-27/h8-9,14-15,20H,2-7,10-13,16-19H2,1H3. The summed E-state index contributed by atoms with van der Waals surface area (Å²) in [5.74, 6) is 3.90. The number of benzene rings is 2. The first-order chi connectivity index (χ1) is 14.8. The van der Waals surface area contributed by atoms with Gasteiger partial charge < -0.3 is 14.2 Å². The summed E-state index contributed by atoms with van der Waals surface area (Å²) in [6.07, 6.45) is 11.4. The molecule has 0 heterocycles. The van der Waals surface area contributed by atoms with Crippen LogP contribution in [0.1, 0.15) is 64.2 Å². The molecule has 2 aromatic carbocycles. The molecule has 0 saturated heterocycles. The van der Waals surface area contributed by atoms with Crippen LogP contribution in [0.3, 0.4) is 0 Å². The van der Waals surface area contributed by atoms with Gasteiger partial charge >= 0.3 is 0 Å². The Morgan fingerprint density at radius 1 is 0.633 bits per heavy atom. The Morgan fingerprint density at radius 3 is 1.77 bits per heavy atom. The van der Waals surface area contributed by atoms with Crippen molar-refractivity contribution in [2.24, 2.45) is 0 Å². The number of methoxy groups -OCH3 is 1. The van der Waals surface area contributed by atoms with E-state index in [1.807, 2.05) is 18.2 Å². The van der Waals surface area contributed by atoms with Crippen LogP contribution in [0.15, 0.2) is 30.3 Å². The van der Waals surface area contributed by atoms with Gasteiger partial charge in [-0.2, -0.15) is 0 Å². The Bertz CT molecular complexity index is 721. The minimum Gasteiger partial charge on any atom is -0.493 e. The summed E-state index contributed by atoms with van der Waals surface area (Å²) in [5.41, 5.74) is 0. The Labute approximate surface area is 192 Å². The SMILES string of the molecule is COc1cc(OCCCCCCCCl)c2ccccc2c1OCCCCCCCCl. The van der Waals surface area contributed by atoms with E-state index in [2.05, 4.69) is 12.1 Å². The topological polar surface area (TPSA) is 27.7 Å². The van der Waals surface area contributed by atoms with Crippen LogP contribution in [0.2, 0.25) is 0 Å². The van der Waals surface area contributed by atoms with Crippen molar-refractivity contribution in [2.75, 3.05) is 32.1 Å². The lowest BCUT2D eigenvalue weighted by Gasteiger charge is -2.17. The molecule has 0 aromatic heterocycles. The highest BCUT2D eigenvalue weighted by Crippen LogP contribution is 2.41. The average molecular weight is 455 g/mol. The fraction of sp³-hybridized carbons (Fsp3) is 0.600. The molecule has 0 aliphatic carbocycles. The molecular weight excluding hydrogens is 419 g/mol. The van der Waals surface area contributed by atoms with Crippen molar-refractivity contribution in [2.45, 2.75) is 64.2 Å². The zero-order valence-electron chi connectivity index (χ0n) is 18.3. The van der Waals surface area contributed by atoms with Crippen LogP contribution in [0.25, 0.3) is 10.8 Å². The zero-order valence-corrected chi connectivity index (χ0v) is 19.8. The van der Waals surface area contributed by atoms with Gasteiger partial charge in [0.15, 0.2) is 11.5 Å². The summed E-state index contributed by atoms with van der Waals surface area (Å²) < 4.78 is 17.9. The van der Waals surface area contributed by atoms with E-state index in [0.717, 1.165) is 78.3 Å². The van der Waals surface area contributed by atoms with E-state index in [0.29, 0.717) is 13.2 Å². The molecule has 0 bridgehead atoms. The molecule has 0 saturated carbocycles. The second-order valence-corrected chi connectivity index (χ2v) is 8.32. The Kier molecular flexibility index (Phi) is 12.9. The molecule has 0 fully saturated rings. The highest BCUT2D eigenvalue weighted by Gasteiger charge is 2.15. The normalized spacial score (nSPS) is 11.0. The summed E-state index contributed by atoms with van der Waals surface area (Å²) in [7, 11) is 1.68. The molecular formula is C25H36Cl2O3. The van der Waals surface area contributed by atoms with Gasteiger partial charge in [0, 0.05) is 28.6 Å². The first kappa shape index (κ1) is 24.9. The average Bonchev–Trinajstić information content (AvgIpc) is 2.78. The fourth-order valence-electron chi connectivity index (χ4n) is 3.52. The van der Waals surface area contributed by atoms with Crippen molar-refractivity contribution in [1.82, 2.24) is 0 Å². The van der Waals surface area contributed by atoms with Crippen LogP contribution in [-0.2, 0) is 0 Å². The van der Waals surface area contributed by atoms with Gasteiger partial charge in [0.2, 0.25) is 0 Å². The maximum atomic E-state index is 6.17. The summed E-state index contributed by atoms with van der Waals surface area (Å²) >= 11 is 11.5. The smallest absolute Gasteiger partial charge is 0.169 e. The molecule has 0 unspecified atom stereocenters. The molecule has 3 nitrogen and oxygen atoms in total. The number of ether oxygens (including phenoxy) is 3. The van der Waals surface area contributed by atoms with Crippen LogP contribution in [0, 0.1) is 0 Å². The van der Waals surface area contributed by atoms with E-state index in [4.69, 9.17) is 37.4 Å². The van der Waals surface area contributed by atoms with Gasteiger partial charge in [-0.1, -0.05) is 62.8 Å². The van der Waals surface area contributed by atoms with E-state index >= 15 is 0 Å². The summed E-state index contributed by atoms with van der Waals surface area (Å²) in [6, 6.07) is 10.2. The molecule has 0 atom stereocenters. The fourth-order valence-corrected chi connectivity index (χ4v) is 3.90. The third kappa shape index (κ3) is 8.43. The van der Waals surface area contributed by atoms with Crippen molar-refractivity contribution in [3.63, 3.8) is 0 Å². The molecule has 0 aliphatic heterocycles. The molecule has 0 radical (unpaired) electrons. The van der Waals surface area contributed by atoms with Crippen molar-refractivity contribution in [3.8, 4) is 17.2 Å². The minimum absolute atomic E-state index is 0.684. The summed E-state index contributed by atoms with van der Waals surface area (Å²) in [6.45, 7) is 1.39. The number of rotatable bonds is 17. The molecule has 0 amide bonds. The highest BCUT2D eigenvalue weighted by atomic mass is 35.5. The van der Waals surface area contributed by atoms with Crippen molar-refractivity contribution < 1.29 is 14.2 Å². The van der Waals surface area contributed by atoms with Gasteiger partial charge in [-0.05, 0) is 25.7 Å². The molecule has 168 valence electrons. The molecule has 0 aliphatic rings. The molecule has 2 rings (SSSR count). The van der Waals surface area contributed by atoms with Crippen LogP contribution >= 0.6 is 23.2 Å². The lowest BCUT2D eigenvalue weighted by Crippen LogP contribution is -2.03. The third-order valence-corrected chi connectivity index (χ3v) is 5.74. The van der Waals surface area contributed by atoms with Crippen molar-refractivity contribution >= 4 is 34.0 Å². The second kappa shape index (κ2) is 15.5. The maximum Gasteiger partial charge on any atom is 0.169 e. The van der Waals surface area contributed by atoms with Crippen LogP contribution in [0.5, 0.6) is 17.2 Å². The number of halogens is 2. The van der Waals surface area contributed by atoms with Crippen molar-refractivity contribution in [3.05, 3.63) is 30.3 Å². The minimum atomic E-state index is 0.684. The lowest BCUT2D eigenvalue weighted by atomic mass is 10.1. The summed E-state index contributed by atoms with van der Waals surface area (Å²) in [5, 5.41) is 2.11. The Balaban J connectivity index is 1.96. The van der Waals surface area contributed by atoms with E-state index in [-0.39, 0.29) is 0 Å². The predicted octanol–water partition coefficient (Wildman–Crippen LogP) is 7.98. The number of unbranched alkanes of at least 4 members (excludes halogenated alkanes) is 8. The summed E-state index contributed by atoms with van der Waals surface area (Å²) in [4.78, 5) is 0. The molecule has 2 aromatic rings. The number of fused-ring (bicyclic) bond motifs is 1. The first-order valence-electron chi connectivity index (χ1n) is 11.3. The quantitative estimate of drug-likeness (QED) is 0.179. The Morgan fingerprint density at radius 2 is 1.17 bits per heavy atom. The van der Waals surface area contributed by atoms with Crippen molar-refractivity contribution in [1.29, 1.82) is 0 Å². The molecule has 0 N–H and O–H groups in total. The van der Waals surface area contributed by atoms with Gasteiger partial charge in [0.25, 0.3) is 0 Å². The van der Waals surface area contributed by atoms with Crippen LogP contribution in [0.4, 0.5) is 0 Å². The van der Waals surface area contributed by atoms with Gasteiger partial charge in [0.05, 0.1) is 20.3 Å². The highest BCUT2D eigenvalue weighted by molar-refractivity contribution is 6.18. The van der Waals surface area contributed by atoms with Crippen LogP contribution < -0.4 is 14.2 Å². The number of alkyl halides is 2. The lowest BCUT2D eigenvalue weighted by molar-refractivity contribution is 0.283.